The number of aryl methyl sites for hydroxylation is 1. The molecule has 0 saturated carbocycles. The van der Waals surface area contributed by atoms with E-state index in [9.17, 15) is 22.4 Å². The van der Waals surface area contributed by atoms with Crippen molar-refractivity contribution in [2.24, 2.45) is 0 Å². The van der Waals surface area contributed by atoms with Crippen LogP contribution in [0.4, 0.5) is 15.8 Å². The number of carbonyl (C=O) groups excluding carboxylic acids is 2. The smallest absolute Gasteiger partial charge is 0.338 e. The molecule has 0 aliphatic rings. The van der Waals surface area contributed by atoms with E-state index in [0.29, 0.717) is 16.8 Å². The minimum atomic E-state index is -3.82. The lowest BCUT2D eigenvalue weighted by Gasteiger charge is -2.30. The van der Waals surface area contributed by atoms with Crippen LogP contribution in [0.1, 0.15) is 36.2 Å². The Morgan fingerprint density at radius 3 is 2.27 bits per heavy atom. The van der Waals surface area contributed by atoms with Crippen molar-refractivity contribution in [2.45, 2.75) is 33.2 Å². The number of sulfonamides is 1. The van der Waals surface area contributed by atoms with E-state index in [2.05, 4.69) is 5.32 Å². The van der Waals surface area contributed by atoms with Crippen LogP contribution in [0, 0.1) is 12.7 Å². The molecule has 1 amide bonds. The second kappa shape index (κ2) is 9.71. The van der Waals surface area contributed by atoms with Crippen molar-refractivity contribution in [3.8, 4) is 0 Å². The molecule has 30 heavy (non-hydrogen) atoms. The number of esters is 1. The van der Waals surface area contributed by atoms with Crippen LogP contribution in [0.3, 0.4) is 0 Å². The molecule has 2 rings (SSSR count). The van der Waals surface area contributed by atoms with Gasteiger partial charge in [-0.3, -0.25) is 9.10 Å². The summed E-state index contributed by atoms with van der Waals surface area (Å²) in [4.78, 5) is 24.8. The van der Waals surface area contributed by atoms with Crippen LogP contribution in [-0.4, -0.2) is 39.2 Å². The molecular formula is C21H25FN2O5S. The number of ether oxygens (including phenoxy) is 1. The number of amides is 1. The summed E-state index contributed by atoms with van der Waals surface area (Å²) in [6.07, 6.45) is 1.18. The highest BCUT2D eigenvalue weighted by molar-refractivity contribution is 7.92. The molecule has 0 bridgehead atoms. The highest BCUT2D eigenvalue weighted by atomic mass is 32.2. The van der Waals surface area contributed by atoms with Crippen molar-refractivity contribution in [3.05, 3.63) is 59.4 Å². The normalized spacial score (nSPS) is 12.2. The van der Waals surface area contributed by atoms with Gasteiger partial charge in [0.25, 0.3) is 0 Å². The Bertz CT molecular complexity index is 1020. The van der Waals surface area contributed by atoms with Crippen molar-refractivity contribution in [2.75, 3.05) is 22.5 Å². The third-order valence-corrected chi connectivity index (χ3v) is 5.59. The minimum absolute atomic E-state index is 0.190. The second-order valence-electron chi connectivity index (χ2n) is 6.70. The monoisotopic (exact) mass is 436 g/mol. The zero-order valence-electron chi connectivity index (χ0n) is 17.3. The molecule has 1 unspecified atom stereocenters. The summed E-state index contributed by atoms with van der Waals surface area (Å²) in [5, 5.41) is 2.72. The quantitative estimate of drug-likeness (QED) is 0.640. The first kappa shape index (κ1) is 23.3. The van der Waals surface area contributed by atoms with Gasteiger partial charge in [0.15, 0.2) is 0 Å². The van der Waals surface area contributed by atoms with Gasteiger partial charge >= 0.3 is 5.97 Å². The number of carbonyl (C=O) groups is 2. The average molecular weight is 437 g/mol. The molecule has 162 valence electrons. The van der Waals surface area contributed by atoms with Crippen LogP contribution >= 0.6 is 0 Å². The van der Waals surface area contributed by atoms with Gasteiger partial charge < -0.3 is 10.1 Å². The second-order valence-corrected chi connectivity index (χ2v) is 8.56. The largest absolute Gasteiger partial charge is 0.462 e. The predicted molar refractivity (Wildman–Crippen MR) is 114 cm³/mol. The van der Waals surface area contributed by atoms with Gasteiger partial charge in [-0.25, -0.2) is 17.6 Å². The van der Waals surface area contributed by atoms with Crippen molar-refractivity contribution >= 4 is 33.3 Å². The van der Waals surface area contributed by atoms with Crippen molar-refractivity contribution in [1.29, 1.82) is 0 Å². The Morgan fingerprint density at radius 2 is 1.77 bits per heavy atom. The number of anilines is 2. The van der Waals surface area contributed by atoms with Crippen LogP contribution in [-0.2, 0) is 19.6 Å². The topological polar surface area (TPSA) is 92.8 Å². The summed E-state index contributed by atoms with van der Waals surface area (Å²) in [7, 11) is -3.82. The Hall–Kier alpha value is -2.94. The molecule has 7 nitrogen and oxygen atoms in total. The number of nitrogens with one attached hydrogen (secondary N) is 1. The van der Waals surface area contributed by atoms with Crippen LogP contribution in [0.2, 0.25) is 0 Å². The van der Waals surface area contributed by atoms with Crippen LogP contribution in [0.25, 0.3) is 0 Å². The molecule has 1 atom stereocenters. The molecule has 1 N–H and O–H groups in total. The molecule has 2 aromatic rings. The lowest BCUT2D eigenvalue weighted by atomic mass is 10.1. The van der Waals surface area contributed by atoms with Crippen LogP contribution in [0.15, 0.2) is 42.5 Å². The molecule has 9 heteroatoms. The van der Waals surface area contributed by atoms with Crippen LogP contribution in [0.5, 0.6) is 0 Å². The van der Waals surface area contributed by atoms with Crippen molar-refractivity contribution in [3.63, 3.8) is 0 Å². The van der Waals surface area contributed by atoms with Gasteiger partial charge in [0.2, 0.25) is 15.9 Å². The van der Waals surface area contributed by atoms with Gasteiger partial charge in [0.05, 0.1) is 24.1 Å². The van der Waals surface area contributed by atoms with Gasteiger partial charge in [-0.05, 0) is 68.3 Å². The van der Waals surface area contributed by atoms with E-state index in [1.54, 1.807) is 32.9 Å². The number of nitrogens with zero attached hydrogens (tertiary/aromatic N) is 1. The predicted octanol–water partition coefficient (Wildman–Crippen LogP) is 3.49. The van der Waals surface area contributed by atoms with Gasteiger partial charge in [0.1, 0.15) is 11.9 Å². The third kappa shape index (κ3) is 5.56. The zero-order chi connectivity index (χ0) is 22.5. The van der Waals surface area contributed by atoms with E-state index in [4.69, 9.17) is 4.74 Å². The molecule has 0 saturated heterocycles. The first-order valence-electron chi connectivity index (χ1n) is 9.42. The average Bonchev–Trinajstić information content (AvgIpc) is 2.67. The highest BCUT2D eigenvalue weighted by Gasteiger charge is 2.31. The maximum Gasteiger partial charge on any atom is 0.338 e. The number of benzene rings is 2. The summed E-state index contributed by atoms with van der Waals surface area (Å²) < 4.78 is 44.1. The van der Waals surface area contributed by atoms with E-state index in [0.717, 1.165) is 22.7 Å². The van der Waals surface area contributed by atoms with E-state index < -0.39 is 33.8 Å². The molecule has 0 aliphatic carbocycles. The number of rotatable bonds is 8. The van der Waals surface area contributed by atoms with Gasteiger partial charge in [-0.2, -0.15) is 0 Å². The molecule has 0 spiro atoms. The van der Waals surface area contributed by atoms with E-state index in [1.165, 1.54) is 18.2 Å². The maximum atomic E-state index is 13.3. The lowest BCUT2D eigenvalue weighted by Crippen LogP contribution is -2.47. The van der Waals surface area contributed by atoms with Gasteiger partial charge in [-0.15, -0.1) is 0 Å². The third-order valence-electron chi connectivity index (χ3n) is 4.41. The first-order valence-corrected chi connectivity index (χ1v) is 11.3. The Morgan fingerprint density at radius 1 is 1.13 bits per heavy atom. The molecule has 0 aliphatic heterocycles. The number of hydrogen-bond donors (Lipinski definition) is 1. The maximum absolute atomic E-state index is 13.3. The van der Waals surface area contributed by atoms with Gasteiger partial charge in [0, 0.05) is 5.69 Å². The summed E-state index contributed by atoms with van der Waals surface area (Å²) in [6.45, 7) is 5.36. The number of halogens is 1. The molecule has 0 heterocycles. The fourth-order valence-electron chi connectivity index (χ4n) is 3.01. The summed E-state index contributed by atoms with van der Waals surface area (Å²) >= 11 is 0. The highest BCUT2D eigenvalue weighted by Crippen LogP contribution is 2.24. The fourth-order valence-corrected chi connectivity index (χ4v) is 4.22. The Balaban J connectivity index is 2.32. The van der Waals surface area contributed by atoms with Crippen molar-refractivity contribution < 1.29 is 27.1 Å². The van der Waals surface area contributed by atoms with Crippen LogP contribution < -0.4 is 9.62 Å². The Kier molecular flexibility index (Phi) is 7.55. The molecule has 0 fully saturated rings. The molecule has 0 aromatic heterocycles. The molecular weight excluding hydrogens is 411 g/mol. The van der Waals surface area contributed by atoms with Gasteiger partial charge in [-0.1, -0.05) is 6.92 Å². The fraction of sp³-hybridized carbons (Fsp3) is 0.333. The summed E-state index contributed by atoms with van der Waals surface area (Å²) in [5.74, 6) is -1.52. The zero-order valence-corrected chi connectivity index (χ0v) is 18.1. The summed E-state index contributed by atoms with van der Waals surface area (Å²) in [6, 6.07) is 8.52. The van der Waals surface area contributed by atoms with E-state index in [1.807, 2.05) is 0 Å². The summed E-state index contributed by atoms with van der Waals surface area (Å²) in [5.41, 5.74) is 1.61. The molecule has 2 aromatic carbocycles. The SMILES string of the molecule is CCOC(=O)c1ccc(NC(=O)C(CC)N(c2ccc(F)cc2)S(C)(=O)=O)c(C)c1. The van der Waals surface area contributed by atoms with Crippen molar-refractivity contribution in [1.82, 2.24) is 0 Å². The standard InChI is InChI=1S/C21H25FN2O5S/c1-5-19(24(30(4,27)28)17-10-8-16(22)9-11-17)20(25)23-18-12-7-15(13-14(18)3)21(26)29-6-2/h7-13,19H,5-6H2,1-4H3,(H,23,25). The van der Waals surface area contributed by atoms with E-state index >= 15 is 0 Å². The lowest BCUT2D eigenvalue weighted by molar-refractivity contribution is -0.117. The minimum Gasteiger partial charge on any atom is -0.462 e. The number of hydrogen-bond acceptors (Lipinski definition) is 5. The van der Waals surface area contributed by atoms with E-state index in [-0.39, 0.29) is 18.7 Å². The first-order chi connectivity index (χ1) is 14.1. The molecule has 0 radical (unpaired) electrons. The Labute approximate surface area is 175 Å².